The Morgan fingerprint density at radius 2 is 2.33 bits per heavy atom. The molecule has 112 valence electrons. The number of aromatic nitrogens is 2. The van der Waals surface area contributed by atoms with Gasteiger partial charge < -0.3 is 14.6 Å². The fourth-order valence-corrected chi connectivity index (χ4v) is 3.49. The molecule has 0 bridgehead atoms. The van der Waals surface area contributed by atoms with Crippen molar-refractivity contribution in [3.05, 3.63) is 33.1 Å². The van der Waals surface area contributed by atoms with E-state index in [-0.39, 0.29) is 5.56 Å². The van der Waals surface area contributed by atoms with Crippen LogP contribution in [0.15, 0.2) is 16.2 Å². The predicted molar refractivity (Wildman–Crippen MR) is 85.2 cm³/mol. The molecule has 0 radical (unpaired) electrons. The van der Waals surface area contributed by atoms with Crippen molar-refractivity contribution in [2.45, 2.75) is 19.3 Å². The van der Waals surface area contributed by atoms with Gasteiger partial charge in [-0.05, 0) is 30.9 Å². The Balaban J connectivity index is 1.91. The SMILES string of the molecule is COCCNc1nc(-c2cc3c(n(C)c2=O)CCC3)cs1. The number of nitrogens with zero attached hydrogens (tertiary/aromatic N) is 2. The molecule has 0 aliphatic heterocycles. The van der Waals surface area contributed by atoms with Crippen LogP contribution >= 0.6 is 11.3 Å². The third kappa shape index (κ3) is 2.73. The molecule has 0 fully saturated rings. The molecule has 0 spiro atoms. The zero-order valence-electron chi connectivity index (χ0n) is 12.3. The van der Waals surface area contributed by atoms with Crippen molar-refractivity contribution < 1.29 is 4.74 Å². The first-order chi connectivity index (χ1) is 10.2. The summed E-state index contributed by atoms with van der Waals surface area (Å²) in [6.45, 7) is 1.35. The van der Waals surface area contributed by atoms with Gasteiger partial charge in [-0.3, -0.25) is 4.79 Å². The number of hydrogen-bond donors (Lipinski definition) is 1. The Labute approximate surface area is 127 Å². The van der Waals surface area contributed by atoms with Crippen molar-refractivity contribution in [1.29, 1.82) is 0 Å². The van der Waals surface area contributed by atoms with Gasteiger partial charge in [0.05, 0.1) is 17.9 Å². The summed E-state index contributed by atoms with van der Waals surface area (Å²) in [5, 5.41) is 5.96. The van der Waals surface area contributed by atoms with Crippen molar-refractivity contribution in [3.63, 3.8) is 0 Å². The van der Waals surface area contributed by atoms with E-state index >= 15 is 0 Å². The monoisotopic (exact) mass is 305 g/mol. The van der Waals surface area contributed by atoms with Crippen LogP contribution in [-0.2, 0) is 24.6 Å². The summed E-state index contributed by atoms with van der Waals surface area (Å²) in [4.78, 5) is 17.0. The highest BCUT2D eigenvalue weighted by Crippen LogP contribution is 2.27. The molecule has 0 unspecified atom stereocenters. The molecule has 0 atom stereocenters. The molecule has 0 amide bonds. The van der Waals surface area contributed by atoms with Gasteiger partial charge in [-0.25, -0.2) is 4.98 Å². The number of hydrogen-bond acceptors (Lipinski definition) is 5. The van der Waals surface area contributed by atoms with Gasteiger partial charge in [0.1, 0.15) is 0 Å². The molecule has 2 aromatic rings. The number of methoxy groups -OCH3 is 1. The Morgan fingerprint density at radius 3 is 3.14 bits per heavy atom. The minimum absolute atomic E-state index is 0.0457. The third-order valence-electron chi connectivity index (χ3n) is 3.85. The van der Waals surface area contributed by atoms with Gasteiger partial charge in [0.2, 0.25) is 0 Å². The highest BCUT2D eigenvalue weighted by Gasteiger charge is 2.19. The van der Waals surface area contributed by atoms with E-state index in [1.807, 2.05) is 18.5 Å². The maximum Gasteiger partial charge on any atom is 0.259 e. The number of fused-ring (bicyclic) bond motifs is 1. The van der Waals surface area contributed by atoms with Gasteiger partial charge >= 0.3 is 0 Å². The fourth-order valence-electron chi connectivity index (χ4n) is 2.75. The van der Waals surface area contributed by atoms with Gasteiger partial charge in [-0.2, -0.15) is 0 Å². The minimum Gasteiger partial charge on any atom is -0.383 e. The topological polar surface area (TPSA) is 56.1 Å². The van der Waals surface area contributed by atoms with Crippen LogP contribution in [-0.4, -0.2) is 29.8 Å². The van der Waals surface area contributed by atoms with Crippen molar-refractivity contribution in [3.8, 4) is 11.3 Å². The Morgan fingerprint density at radius 1 is 1.48 bits per heavy atom. The quantitative estimate of drug-likeness (QED) is 0.859. The molecule has 6 heteroatoms. The third-order valence-corrected chi connectivity index (χ3v) is 4.65. The number of ether oxygens (including phenoxy) is 1. The molecule has 1 aliphatic carbocycles. The van der Waals surface area contributed by atoms with Crippen LogP contribution in [0.4, 0.5) is 5.13 Å². The first kappa shape index (κ1) is 14.3. The van der Waals surface area contributed by atoms with E-state index in [0.717, 1.165) is 30.1 Å². The second kappa shape index (κ2) is 5.99. The van der Waals surface area contributed by atoms with Crippen molar-refractivity contribution in [1.82, 2.24) is 9.55 Å². The normalized spacial score (nSPS) is 13.4. The second-order valence-corrected chi connectivity index (χ2v) is 6.06. The number of anilines is 1. The lowest BCUT2D eigenvalue weighted by Gasteiger charge is -2.08. The van der Waals surface area contributed by atoms with Gasteiger partial charge in [0, 0.05) is 31.8 Å². The highest BCUT2D eigenvalue weighted by atomic mass is 32.1. The van der Waals surface area contributed by atoms with Crippen LogP contribution in [0.25, 0.3) is 11.3 Å². The summed E-state index contributed by atoms with van der Waals surface area (Å²) in [5.41, 5.74) is 3.97. The van der Waals surface area contributed by atoms with E-state index in [9.17, 15) is 4.79 Å². The van der Waals surface area contributed by atoms with Gasteiger partial charge in [0.25, 0.3) is 5.56 Å². The van der Waals surface area contributed by atoms with Crippen molar-refractivity contribution in [2.24, 2.45) is 7.05 Å². The molecule has 21 heavy (non-hydrogen) atoms. The average Bonchev–Trinajstić information content (AvgIpc) is 3.12. The summed E-state index contributed by atoms with van der Waals surface area (Å²) in [5.74, 6) is 0. The van der Waals surface area contributed by atoms with Crippen LogP contribution in [0, 0.1) is 0 Å². The van der Waals surface area contributed by atoms with Crippen LogP contribution < -0.4 is 10.9 Å². The Hall–Kier alpha value is -1.66. The van der Waals surface area contributed by atoms with Crippen LogP contribution in [0.1, 0.15) is 17.7 Å². The van der Waals surface area contributed by atoms with E-state index in [2.05, 4.69) is 10.3 Å². The number of thiazole rings is 1. The molecule has 0 saturated heterocycles. The number of pyridine rings is 1. The first-order valence-electron chi connectivity index (χ1n) is 7.11. The minimum atomic E-state index is 0.0457. The Bertz CT molecular complexity index is 705. The predicted octanol–water partition coefficient (Wildman–Crippen LogP) is 2.06. The second-order valence-electron chi connectivity index (χ2n) is 5.21. The van der Waals surface area contributed by atoms with E-state index in [0.29, 0.717) is 18.7 Å². The zero-order chi connectivity index (χ0) is 14.8. The molecule has 0 aromatic carbocycles. The van der Waals surface area contributed by atoms with Crippen molar-refractivity contribution in [2.75, 3.05) is 25.6 Å². The number of nitrogens with one attached hydrogen (secondary N) is 1. The van der Waals surface area contributed by atoms with Crippen LogP contribution in [0.5, 0.6) is 0 Å². The number of rotatable bonds is 5. The van der Waals surface area contributed by atoms with E-state index in [1.165, 1.54) is 22.6 Å². The van der Waals surface area contributed by atoms with Crippen LogP contribution in [0.3, 0.4) is 0 Å². The summed E-state index contributed by atoms with van der Waals surface area (Å²) in [7, 11) is 3.53. The lowest BCUT2D eigenvalue weighted by Crippen LogP contribution is -2.22. The maximum absolute atomic E-state index is 12.5. The zero-order valence-corrected chi connectivity index (χ0v) is 13.1. The average molecular weight is 305 g/mol. The summed E-state index contributed by atoms with van der Waals surface area (Å²) in [6, 6.07) is 2.03. The first-order valence-corrected chi connectivity index (χ1v) is 7.99. The van der Waals surface area contributed by atoms with Gasteiger partial charge in [0.15, 0.2) is 5.13 Å². The number of aryl methyl sites for hydroxylation is 1. The maximum atomic E-state index is 12.5. The lowest BCUT2D eigenvalue weighted by atomic mass is 10.1. The fraction of sp³-hybridized carbons (Fsp3) is 0.467. The Kier molecular flexibility index (Phi) is 4.07. The van der Waals surface area contributed by atoms with Gasteiger partial charge in [-0.1, -0.05) is 0 Å². The molecule has 1 aliphatic rings. The molecule has 2 heterocycles. The molecule has 5 nitrogen and oxygen atoms in total. The molecule has 3 rings (SSSR count). The molecule has 2 aromatic heterocycles. The summed E-state index contributed by atoms with van der Waals surface area (Å²) in [6.07, 6.45) is 3.19. The summed E-state index contributed by atoms with van der Waals surface area (Å²) < 4.78 is 6.79. The standard InChI is InChI=1S/C15H19N3O2S/c1-18-13-5-3-4-10(13)8-11(14(18)19)12-9-21-15(17-12)16-6-7-20-2/h8-9H,3-7H2,1-2H3,(H,16,17). The molecule has 0 saturated carbocycles. The van der Waals surface area contributed by atoms with Crippen molar-refractivity contribution >= 4 is 16.5 Å². The lowest BCUT2D eigenvalue weighted by molar-refractivity contribution is 0.211. The molecular weight excluding hydrogens is 286 g/mol. The van der Waals surface area contributed by atoms with Crippen LogP contribution in [0.2, 0.25) is 0 Å². The molecule has 1 N–H and O–H groups in total. The van der Waals surface area contributed by atoms with Gasteiger partial charge in [-0.15, -0.1) is 11.3 Å². The highest BCUT2D eigenvalue weighted by molar-refractivity contribution is 7.14. The van der Waals surface area contributed by atoms with E-state index in [4.69, 9.17) is 4.74 Å². The summed E-state index contributed by atoms with van der Waals surface area (Å²) >= 11 is 1.52. The van der Waals surface area contributed by atoms with E-state index in [1.54, 1.807) is 11.7 Å². The molecular formula is C15H19N3O2S. The van der Waals surface area contributed by atoms with E-state index < -0.39 is 0 Å². The smallest absolute Gasteiger partial charge is 0.259 e. The largest absolute Gasteiger partial charge is 0.383 e.